The minimum atomic E-state index is -1.18. The predicted octanol–water partition coefficient (Wildman–Crippen LogP) is -0.225. The molecule has 27 heavy (non-hydrogen) atoms. The smallest absolute Gasteiger partial charge is 0.217 e. The molecule has 0 spiro atoms. The molecule has 0 radical (unpaired) electrons. The number of amides is 1. The molecule has 2 heterocycles. The van der Waals surface area contributed by atoms with E-state index in [-0.39, 0.29) is 17.9 Å². The summed E-state index contributed by atoms with van der Waals surface area (Å²) >= 11 is 0. The van der Waals surface area contributed by atoms with Crippen molar-refractivity contribution >= 4 is 5.91 Å². The number of rotatable bonds is 6. The molecule has 0 aromatic rings. The zero-order valence-electron chi connectivity index (χ0n) is 16.8. The molecule has 9 nitrogen and oxygen atoms in total. The minimum Gasteiger partial charge on any atom is -0.388 e. The Hall–Kier alpha value is -0.810. The van der Waals surface area contributed by atoms with Gasteiger partial charge in [-0.15, -0.1) is 0 Å². The van der Waals surface area contributed by atoms with Crippen LogP contribution in [0.5, 0.6) is 0 Å². The summed E-state index contributed by atoms with van der Waals surface area (Å²) in [6.07, 6.45) is -5.24. The van der Waals surface area contributed by atoms with Crippen molar-refractivity contribution in [2.24, 2.45) is 5.92 Å². The molecule has 0 aliphatic carbocycles. The molecule has 2 fully saturated rings. The van der Waals surface area contributed by atoms with Crippen LogP contribution in [0.15, 0.2) is 0 Å². The van der Waals surface area contributed by atoms with Crippen LogP contribution in [-0.4, -0.2) is 85.6 Å². The number of carbonyl (C=O) groups excluding carboxylic acids is 1. The number of aliphatic hydroxyl groups excluding tert-OH is 2. The zero-order valence-corrected chi connectivity index (χ0v) is 16.8. The summed E-state index contributed by atoms with van der Waals surface area (Å²) in [5.74, 6) is -0.345. The molecule has 2 aliphatic heterocycles. The fraction of sp³-hybridized carbons (Fsp3) is 0.944. The van der Waals surface area contributed by atoms with Gasteiger partial charge in [-0.3, -0.25) is 4.79 Å². The van der Waals surface area contributed by atoms with Crippen LogP contribution in [0.3, 0.4) is 0 Å². The second-order valence-electron chi connectivity index (χ2n) is 7.26. The Labute approximate surface area is 160 Å². The summed E-state index contributed by atoms with van der Waals surface area (Å²) in [5, 5.41) is 23.5. The topological polar surface area (TPSA) is 116 Å². The Morgan fingerprint density at radius 2 is 1.70 bits per heavy atom. The van der Waals surface area contributed by atoms with E-state index < -0.39 is 49.1 Å². The first-order chi connectivity index (χ1) is 12.7. The molecule has 2 rings (SSSR count). The quantitative estimate of drug-likeness (QED) is 0.569. The maximum Gasteiger partial charge on any atom is 0.217 e. The summed E-state index contributed by atoms with van der Waals surface area (Å²) in [6.45, 7) is 7.05. The van der Waals surface area contributed by atoms with Crippen molar-refractivity contribution in [2.75, 3.05) is 14.2 Å². The van der Waals surface area contributed by atoms with E-state index in [9.17, 15) is 15.0 Å². The van der Waals surface area contributed by atoms with Gasteiger partial charge in [0.15, 0.2) is 12.6 Å². The van der Waals surface area contributed by atoms with Crippen LogP contribution in [0.2, 0.25) is 0 Å². The maximum atomic E-state index is 11.7. The number of ether oxygens (including phenoxy) is 5. The summed E-state index contributed by atoms with van der Waals surface area (Å²) < 4.78 is 28.4. The normalized spacial score (nSPS) is 45.5. The summed E-state index contributed by atoms with van der Waals surface area (Å²) in [4.78, 5) is 11.7. The molecule has 10 atom stereocenters. The molecule has 0 aromatic heterocycles. The second-order valence-corrected chi connectivity index (χ2v) is 7.26. The zero-order chi connectivity index (χ0) is 20.3. The Morgan fingerprint density at radius 3 is 2.22 bits per heavy atom. The van der Waals surface area contributed by atoms with Crippen molar-refractivity contribution in [1.29, 1.82) is 0 Å². The lowest BCUT2D eigenvalue weighted by molar-refractivity contribution is -0.333. The molecule has 158 valence electrons. The fourth-order valence-electron chi connectivity index (χ4n) is 3.88. The third-order valence-electron chi connectivity index (χ3n) is 5.41. The molecule has 3 N–H and O–H groups in total. The van der Waals surface area contributed by atoms with Crippen LogP contribution >= 0.6 is 0 Å². The van der Waals surface area contributed by atoms with Gasteiger partial charge in [0.2, 0.25) is 5.91 Å². The van der Waals surface area contributed by atoms with Crippen LogP contribution in [0, 0.1) is 5.92 Å². The fourth-order valence-corrected chi connectivity index (χ4v) is 3.88. The molecule has 2 aliphatic rings. The van der Waals surface area contributed by atoms with Crippen LogP contribution in [0.25, 0.3) is 0 Å². The van der Waals surface area contributed by atoms with E-state index in [0.29, 0.717) is 0 Å². The summed E-state index contributed by atoms with van der Waals surface area (Å²) in [6, 6.07) is -0.579. The van der Waals surface area contributed by atoms with Gasteiger partial charge < -0.3 is 39.2 Å². The van der Waals surface area contributed by atoms with Crippen molar-refractivity contribution in [3.8, 4) is 0 Å². The molecule has 1 amide bonds. The molecule has 2 saturated heterocycles. The van der Waals surface area contributed by atoms with Crippen LogP contribution in [-0.2, 0) is 28.5 Å². The summed E-state index contributed by atoms with van der Waals surface area (Å²) in [7, 11) is 2.92. The highest BCUT2D eigenvalue weighted by atomic mass is 16.7. The lowest BCUT2D eigenvalue weighted by Crippen LogP contribution is -2.65. The molecular weight excluding hydrogens is 358 g/mol. The third kappa shape index (κ3) is 4.79. The molecule has 0 saturated carbocycles. The minimum absolute atomic E-state index is 0.0998. The largest absolute Gasteiger partial charge is 0.388 e. The van der Waals surface area contributed by atoms with Crippen molar-refractivity contribution in [3.63, 3.8) is 0 Å². The van der Waals surface area contributed by atoms with E-state index in [0.717, 1.165) is 6.42 Å². The number of carbonyl (C=O) groups is 1. The second kappa shape index (κ2) is 9.60. The monoisotopic (exact) mass is 391 g/mol. The first-order valence-electron chi connectivity index (χ1n) is 9.40. The highest BCUT2D eigenvalue weighted by Crippen LogP contribution is 2.33. The van der Waals surface area contributed by atoms with Gasteiger partial charge in [-0.25, -0.2) is 0 Å². The van der Waals surface area contributed by atoms with Crippen molar-refractivity contribution in [2.45, 2.75) is 89.4 Å². The van der Waals surface area contributed by atoms with Crippen LogP contribution < -0.4 is 5.32 Å². The van der Waals surface area contributed by atoms with E-state index in [2.05, 4.69) is 5.32 Å². The van der Waals surface area contributed by atoms with Gasteiger partial charge in [-0.1, -0.05) is 13.8 Å². The Morgan fingerprint density at radius 1 is 1.04 bits per heavy atom. The Bertz CT molecular complexity index is 492. The molecule has 0 aromatic carbocycles. The first kappa shape index (κ1) is 22.5. The van der Waals surface area contributed by atoms with E-state index in [4.69, 9.17) is 23.7 Å². The van der Waals surface area contributed by atoms with Gasteiger partial charge in [-0.2, -0.15) is 0 Å². The van der Waals surface area contributed by atoms with Gasteiger partial charge in [0.05, 0.1) is 18.3 Å². The van der Waals surface area contributed by atoms with E-state index in [1.54, 1.807) is 6.92 Å². The highest BCUT2D eigenvalue weighted by Gasteiger charge is 2.50. The van der Waals surface area contributed by atoms with Crippen molar-refractivity contribution < 1.29 is 38.7 Å². The molecule has 4 unspecified atom stereocenters. The molecular formula is C18H33NO8. The van der Waals surface area contributed by atoms with Gasteiger partial charge >= 0.3 is 0 Å². The predicted molar refractivity (Wildman–Crippen MR) is 94.7 cm³/mol. The number of hydrogen-bond donors (Lipinski definition) is 3. The SMILES string of the molecule is CCC1O[C@@H](OC)C(NC(C)=O)[C@@H](O[C@@H]2OC(C)[C@H](O)[C@H](OC)C2O)[C@H]1C. The van der Waals surface area contributed by atoms with E-state index in [1.165, 1.54) is 21.1 Å². The highest BCUT2D eigenvalue weighted by molar-refractivity contribution is 5.73. The Kier molecular flexibility index (Phi) is 7.99. The summed E-state index contributed by atoms with van der Waals surface area (Å²) in [5.41, 5.74) is 0. The molecule has 0 bridgehead atoms. The van der Waals surface area contributed by atoms with Crippen LogP contribution in [0.1, 0.15) is 34.1 Å². The number of nitrogens with one attached hydrogen (secondary N) is 1. The average molecular weight is 391 g/mol. The Balaban J connectivity index is 2.25. The standard InChI is InChI=1S/C18H33NO8/c1-7-11-8(2)15(12(19-10(4)20)17(24-6)26-11)27-18-14(22)16(23-5)13(21)9(3)25-18/h8-9,11-18,21-22H,7H2,1-6H3,(H,19,20)/t8-,9?,11?,12?,13-,14?,15-,16-,17+,18-/m0/s1. The van der Waals surface area contributed by atoms with E-state index in [1.807, 2.05) is 13.8 Å². The number of hydrogen-bond acceptors (Lipinski definition) is 8. The van der Waals surface area contributed by atoms with Gasteiger partial charge in [0.25, 0.3) is 0 Å². The van der Waals surface area contributed by atoms with Gasteiger partial charge in [-0.05, 0) is 13.3 Å². The van der Waals surface area contributed by atoms with Crippen molar-refractivity contribution in [1.82, 2.24) is 5.32 Å². The molecule has 9 heteroatoms. The average Bonchev–Trinajstić information content (AvgIpc) is 2.62. The third-order valence-corrected chi connectivity index (χ3v) is 5.41. The first-order valence-corrected chi connectivity index (χ1v) is 9.40. The van der Waals surface area contributed by atoms with E-state index >= 15 is 0 Å². The number of aliphatic hydroxyl groups is 2. The van der Waals surface area contributed by atoms with Gasteiger partial charge in [0.1, 0.15) is 24.4 Å². The van der Waals surface area contributed by atoms with Crippen molar-refractivity contribution in [3.05, 3.63) is 0 Å². The van der Waals surface area contributed by atoms with Crippen LogP contribution in [0.4, 0.5) is 0 Å². The van der Waals surface area contributed by atoms with Gasteiger partial charge in [0, 0.05) is 27.1 Å². The number of methoxy groups -OCH3 is 2. The lowest BCUT2D eigenvalue weighted by atomic mass is 9.87. The maximum absolute atomic E-state index is 11.7. The lowest BCUT2D eigenvalue weighted by Gasteiger charge is -2.48.